The van der Waals surface area contributed by atoms with E-state index in [1.54, 1.807) is 12.1 Å². The van der Waals surface area contributed by atoms with E-state index in [-0.39, 0.29) is 18.3 Å². The molecule has 0 aliphatic heterocycles. The third kappa shape index (κ3) is 4.61. The zero-order valence-electron chi connectivity index (χ0n) is 17.0. The van der Waals surface area contributed by atoms with Crippen LogP contribution in [0.2, 0.25) is 0 Å². The summed E-state index contributed by atoms with van der Waals surface area (Å²) in [6.45, 7) is 4.29. The monoisotopic (exact) mass is 397 g/mol. The Morgan fingerprint density at radius 3 is 2.37 bits per heavy atom. The molecule has 4 aromatic rings. The number of benzene rings is 3. The number of ether oxygens (including phenoxy) is 1. The Hall–Kier alpha value is -3.79. The molecule has 1 aromatic heterocycles. The van der Waals surface area contributed by atoms with Crippen LogP contribution in [0, 0.1) is 13.8 Å². The highest BCUT2D eigenvalue weighted by molar-refractivity contribution is 6.02. The minimum atomic E-state index is -0.291. The average molecular weight is 397 g/mol. The summed E-state index contributed by atoms with van der Waals surface area (Å²) in [6.07, 6.45) is 0. The summed E-state index contributed by atoms with van der Waals surface area (Å²) in [6, 6.07) is 27.3. The van der Waals surface area contributed by atoms with E-state index in [1.807, 2.05) is 74.5 Å². The van der Waals surface area contributed by atoms with Gasteiger partial charge >= 0.3 is 0 Å². The quantitative estimate of drug-likeness (QED) is 0.410. The van der Waals surface area contributed by atoms with Gasteiger partial charge in [0.25, 0.3) is 5.91 Å². The number of anilines is 1. The van der Waals surface area contributed by atoms with Crippen molar-refractivity contribution in [2.45, 2.75) is 20.5 Å². The normalized spacial score (nSPS) is 10.6. The van der Waals surface area contributed by atoms with E-state index < -0.39 is 0 Å². The van der Waals surface area contributed by atoms with Gasteiger partial charge in [0.2, 0.25) is 0 Å². The van der Waals surface area contributed by atoms with Gasteiger partial charge in [-0.3, -0.25) is 4.79 Å². The minimum Gasteiger partial charge on any atom is -0.485 e. The number of furan rings is 1. The number of amides is 1. The molecule has 1 N–H and O–H groups in total. The summed E-state index contributed by atoms with van der Waals surface area (Å²) in [5.41, 5.74) is 5.13. The average Bonchev–Trinajstić information content (AvgIpc) is 3.25. The first-order valence-corrected chi connectivity index (χ1v) is 9.84. The fourth-order valence-electron chi connectivity index (χ4n) is 3.16. The van der Waals surface area contributed by atoms with Crippen LogP contribution in [0.25, 0.3) is 11.1 Å². The van der Waals surface area contributed by atoms with Crippen molar-refractivity contribution < 1.29 is 13.9 Å². The lowest BCUT2D eigenvalue weighted by molar-refractivity contribution is 0.0992. The molecule has 30 heavy (non-hydrogen) atoms. The van der Waals surface area contributed by atoms with Crippen LogP contribution in [-0.4, -0.2) is 5.91 Å². The first-order chi connectivity index (χ1) is 14.6. The zero-order chi connectivity index (χ0) is 20.9. The highest BCUT2D eigenvalue weighted by Crippen LogP contribution is 2.23. The topological polar surface area (TPSA) is 51.5 Å². The molecular weight excluding hydrogens is 374 g/mol. The molecule has 0 unspecified atom stereocenters. The Morgan fingerprint density at radius 2 is 1.60 bits per heavy atom. The minimum absolute atomic E-state index is 0.252. The van der Waals surface area contributed by atoms with E-state index in [0.717, 1.165) is 28.0 Å². The molecule has 0 aliphatic carbocycles. The van der Waals surface area contributed by atoms with Gasteiger partial charge in [0.1, 0.15) is 18.1 Å². The Kier molecular flexibility index (Phi) is 5.66. The molecule has 0 saturated heterocycles. The smallest absolute Gasteiger partial charge is 0.291 e. The van der Waals surface area contributed by atoms with Crippen molar-refractivity contribution in [1.82, 2.24) is 0 Å². The van der Waals surface area contributed by atoms with E-state index in [4.69, 9.17) is 9.15 Å². The first-order valence-electron chi connectivity index (χ1n) is 9.84. The molecule has 0 fully saturated rings. The standard InChI is InChI=1S/C26H23NO3/c1-18-8-9-19(2)25(16-18)29-17-23-14-15-24(30-23)26(28)27-22-12-10-21(11-13-22)20-6-4-3-5-7-20/h3-16H,17H2,1-2H3,(H,27,28). The number of hydrogen-bond donors (Lipinski definition) is 1. The second-order valence-electron chi connectivity index (χ2n) is 7.22. The molecule has 1 heterocycles. The van der Waals surface area contributed by atoms with Crippen LogP contribution in [0.4, 0.5) is 5.69 Å². The van der Waals surface area contributed by atoms with Crippen LogP contribution >= 0.6 is 0 Å². The Balaban J connectivity index is 1.37. The third-order valence-electron chi connectivity index (χ3n) is 4.85. The summed E-state index contributed by atoms with van der Waals surface area (Å²) < 4.78 is 11.5. The van der Waals surface area contributed by atoms with Gasteiger partial charge in [-0.15, -0.1) is 0 Å². The van der Waals surface area contributed by atoms with Gasteiger partial charge in [0.05, 0.1) is 0 Å². The fraction of sp³-hybridized carbons (Fsp3) is 0.115. The number of hydrogen-bond acceptors (Lipinski definition) is 3. The second kappa shape index (κ2) is 8.70. The van der Waals surface area contributed by atoms with Crippen molar-refractivity contribution in [3.05, 3.63) is 108 Å². The van der Waals surface area contributed by atoms with Crippen LogP contribution in [0.15, 0.2) is 89.3 Å². The van der Waals surface area contributed by atoms with E-state index in [0.29, 0.717) is 11.4 Å². The summed E-state index contributed by atoms with van der Waals surface area (Å²) in [5, 5.41) is 2.87. The largest absolute Gasteiger partial charge is 0.485 e. The van der Waals surface area contributed by atoms with Crippen LogP contribution in [0.1, 0.15) is 27.4 Å². The number of aryl methyl sites for hydroxylation is 2. The number of nitrogens with one attached hydrogen (secondary N) is 1. The third-order valence-corrected chi connectivity index (χ3v) is 4.85. The van der Waals surface area contributed by atoms with Crippen molar-refractivity contribution >= 4 is 11.6 Å². The lowest BCUT2D eigenvalue weighted by Gasteiger charge is -2.08. The molecule has 4 heteroatoms. The van der Waals surface area contributed by atoms with Crippen molar-refractivity contribution in [3.8, 4) is 16.9 Å². The Bertz CT molecular complexity index is 1140. The van der Waals surface area contributed by atoms with Crippen LogP contribution in [0.5, 0.6) is 5.75 Å². The fourth-order valence-corrected chi connectivity index (χ4v) is 3.16. The SMILES string of the molecule is Cc1ccc(C)c(OCc2ccc(C(=O)Nc3ccc(-c4ccccc4)cc3)o2)c1. The lowest BCUT2D eigenvalue weighted by atomic mass is 10.1. The number of rotatable bonds is 6. The van der Waals surface area contributed by atoms with Gasteiger partial charge in [-0.05, 0) is 66.4 Å². The maximum absolute atomic E-state index is 12.5. The van der Waals surface area contributed by atoms with Gasteiger partial charge in [-0.2, -0.15) is 0 Å². The van der Waals surface area contributed by atoms with Gasteiger partial charge in [-0.25, -0.2) is 0 Å². The predicted molar refractivity (Wildman–Crippen MR) is 119 cm³/mol. The van der Waals surface area contributed by atoms with Crippen molar-refractivity contribution in [2.75, 3.05) is 5.32 Å². The number of carbonyl (C=O) groups excluding carboxylic acids is 1. The van der Waals surface area contributed by atoms with E-state index in [1.165, 1.54) is 0 Å². The summed E-state index contributed by atoms with van der Waals surface area (Å²) in [5.74, 6) is 1.37. The van der Waals surface area contributed by atoms with Crippen LogP contribution in [0.3, 0.4) is 0 Å². The Morgan fingerprint density at radius 1 is 0.867 bits per heavy atom. The maximum Gasteiger partial charge on any atom is 0.291 e. The van der Waals surface area contributed by atoms with Crippen molar-refractivity contribution in [1.29, 1.82) is 0 Å². The summed E-state index contributed by atoms with van der Waals surface area (Å²) in [7, 11) is 0. The molecular formula is C26H23NO3. The molecule has 4 rings (SSSR count). The molecule has 0 atom stereocenters. The summed E-state index contributed by atoms with van der Waals surface area (Å²) in [4.78, 5) is 12.5. The van der Waals surface area contributed by atoms with Crippen molar-refractivity contribution in [3.63, 3.8) is 0 Å². The first kappa shape index (κ1) is 19.5. The Labute approximate surface area is 176 Å². The van der Waals surface area contributed by atoms with Gasteiger partial charge < -0.3 is 14.5 Å². The number of carbonyl (C=O) groups is 1. The molecule has 3 aromatic carbocycles. The highest BCUT2D eigenvalue weighted by Gasteiger charge is 2.12. The molecule has 0 radical (unpaired) electrons. The summed E-state index contributed by atoms with van der Waals surface area (Å²) >= 11 is 0. The highest BCUT2D eigenvalue weighted by atomic mass is 16.5. The van der Waals surface area contributed by atoms with E-state index in [9.17, 15) is 4.79 Å². The second-order valence-corrected chi connectivity index (χ2v) is 7.22. The predicted octanol–water partition coefficient (Wildman–Crippen LogP) is 6.39. The molecule has 0 spiro atoms. The van der Waals surface area contributed by atoms with Crippen molar-refractivity contribution in [2.24, 2.45) is 0 Å². The molecule has 0 aliphatic rings. The molecule has 1 amide bonds. The van der Waals surface area contributed by atoms with E-state index in [2.05, 4.69) is 17.4 Å². The molecule has 4 nitrogen and oxygen atoms in total. The lowest BCUT2D eigenvalue weighted by Crippen LogP contribution is -2.10. The van der Waals surface area contributed by atoms with Gasteiger partial charge in [-0.1, -0.05) is 54.6 Å². The van der Waals surface area contributed by atoms with Crippen LogP contribution in [-0.2, 0) is 6.61 Å². The molecule has 150 valence electrons. The molecule has 0 saturated carbocycles. The van der Waals surface area contributed by atoms with Gasteiger partial charge in [0, 0.05) is 5.69 Å². The van der Waals surface area contributed by atoms with Gasteiger partial charge in [0.15, 0.2) is 5.76 Å². The van der Waals surface area contributed by atoms with Crippen LogP contribution < -0.4 is 10.1 Å². The zero-order valence-corrected chi connectivity index (χ0v) is 17.0. The maximum atomic E-state index is 12.5. The molecule has 0 bridgehead atoms. The van der Waals surface area contributed by atoms with E-state index >= 15 is 0 Å².